The van der Waals surface area contributed by atoms with Crippen molar-refractivity contribution in [2.75, 3.05) is 25.2 Å². The molecule has 3 aromatic carbocycles. The Balaban J connectivity index is 1.37. The molecule has 1 saturated heterocycles. The van der Waals surface area contributed by atoms with Crippen molar-refractivity contribution in [1.29, 1.82) is 0 Å². The maximum absolute atomic E-state index is 12.9. The van der Waals surface area contributed by atoms with Crippen LogP contribution in [0.25, 0.3) is 11.0 Å². The van der Waals surface area contributed by atoms with E-state index in [1.54, 1.807) is 30.2 Å². The van der Waals surface area contributed by atoms with E-state index in [2.05, 4.69) is 0 Å². The van der Waals surface area contributed by atoms with Gasteiger partial charge >= 0.3 is 0 Å². The van der Waals surface area contributed by atoms with Crippen molar-refractivity contribution >= 4 is 34.2 Å². The average Bonchev–Trinajstić information content (AvgIpc) is 3.44. The molecule has 1 aliphatic rings. The lowest BCUT2D eigenvalue weighted by Gasteiger charge is -2.19. The number of aliphatic hydroxyl groups is 1. The number of rotatable bonds is 8. The third-order valence-corrected chi connectivity index (χ3v) is 6.46. The zero-order valence-corrected chi connectivity index (χ0v) is 20.1. The average molecular weight is 492 g/mol. The lowest BCUT2D eigenvalue weighted by atomic mass is 10.1. The molecule has 5 rings (SSSR count). The van der Waals surface area contributed by atoms with Crippen LogP contribution in [0.3, 0.4) is 0 Å². The Hall–Kier alpha value is -3.55. The minimum Gasteiger partial charge on any atom is -0.493 e. The molecule has 2 atom stereocenters. The third-order valence-electron chi connectivity index (χ3n) is 6.21. The van der Waals surface area contributed by atoms with Gasteiger partial charge in [-0.2, -0.15) is 0 Å². The van der Waals surface area contributed by atoms with Gasteiger partial charge in [0.1, 0.15) is 18.5 Å². The number of amides is 1. The lowest BCUT2D eigenvalue weighted by Crippen LogP contribution is -2.26. The number of benzene rings is 3. The van der Waals surface area contributed by atoms with E-state index in [-0.39, 0.29) is 25.0 Å². The van der Waals surface area contributed by atoms with E-state index < -0.39 is 6.10 Å². The van der Waals surface area contributed by atoms with Gasteiger partial charge < -0.3 is 24.0 Å². The van der Waals surface area contributed by atoms with Gasteiger partial charge in [-0.3, -0.25) is 4.79 Å². The molecule has 4 aromatic rings. The Labute approximate surface area is 208 Å². The normalized spacial score (nSPS) is 16.6. The molecule has 8 heteroatoms. The van der Waals surface area contributed by atoms with Crippen molar-refractivity contribution in [2.24, 2.45) is 0 Å². The van der Waals surface area contributed by atoms with E-state index in [0.717, 1.165) is 22.5 Å². The minimum atomic E-state index is -0.791. The predicted octanol–water partition coefficient (Wildman–Crippen LogP) is 4.66. The second-order valence-electron chi connectivity index (χ2n) is 8.57. The van der Waals surface area contributed by atoms with Crippen molar-refractivity contribution in [2.45, 2.75) is 25.0 Å². The molecule has 0 saturated carbocycles. The fraction of sp³-hybridized carbons (Fsp3) is 0.259. The Morgan fingerprint density at radius 2 is 1.77 bits per heavy atom. The van der Waals surface area contributed by atoms with Crippen molar-refractivity contribution in [3.8, 4) is 11.5 Å². The van der Waals surface area contributed by atoms with Crippen LogP contribution in [0.4, 0.5) is 5.69 Å². The summed E-state index contributed by atoms with van der Waals surface area (Å²) in [6.07, 6.45) is -0.444. The van der Waals surface area contributed by atoms with Gasteiger partial charge in [0.05, 0.1) is 24.7 Å². The number of halogens is 1. The van der Waals surface area contributed by atoms with Crippen LogP contribution in [-0.2, 0) is 11.3 Å². The molecular formula is C27H26ClN3O4. The van der Waals surface area contributed by atoms with Gasteiger partial charge in [0.2, 0.25) is 5.91 Å². The van der Waals surface area contributed by atoms with Gasteiger partial charge in [-0.05, 0) is 48.5 Å². The molecule has 0 bridgehead atoms. The first-order valence-corrected chi connectivity index (χ1v) is 11.9. The monoisotopic (exact) mass is 491 g/mol. The van der Waals surface area contributed by atoms with Crippen molar-refractivity contribution in [3.63, 3.8) is 0 Å². The van der Waals surface area contributed by atoms with Gasteiger partial charge in [-0.15, -0.1) is 0 Å². The van der Waals surface area contributed by atoms with Gasteiger partial charge in [-0.25, -0.2) is 4.98 Å². The summed E-state index contributed by atoms with van der Waals surface area (Å²) < 4.78 is 13.2. The number of hydrogen-bond donors (Lipinski definition) is 1. The van der Waals surface area contributed by atoms with E-state index in [0.29, 0.717) is 29.5 Å². The molecule has 1 aliphatic heterocycles. The molecule has 1 amide bonds. The molecule has 35 heavy (non-hydrogen) atoms. The minimum absolute atomic E-state index is 0.0379. The molecule has 0 aliphatic carbocycles. The van der Waals surface area contributed by atoms with E-state index >= 15 is 0 Å². The van der Waals surface area contributed by atoms with Crippen LogP contribution in [-0.4, -0.2) is 46.9 Å². The third kappa shape index (κ3) is 4.83. The summed E-state index contributed by atoms with van der Waals surface area (Å²) >= 11 is 6.02. The smallest absolute Gasteiger partial charge is 0.227 e. The van der Waals surface area contributed by atoms with E-state index in [4.69, 9.17) is 26.1 Å². The van der Waals surface area contributed by atoms with Gasteiger partial charge in [0.25, 0.3) is 0 Å². The molecule has 2 heterocycles. The first-order valence-electron chi connectivity index (χ1n) is 11.5. The number of fused-ring (bicyclic) bond motifs is 1. The highest BCUT2D eigenvalue weighted by Crippen LogP contribution is 2.34. The summed E-state index contributed by atoms with van der Waals surface area (Å²) in [5.41, 5.74) is 2.56. The van der Waals surface area contributed by atoms with E-state index in [1.165, 1.54) is 0 Å². The standard InChI is InChI=1S/C27H26ClN3O4/c1-34-24-8-4-5-9-25(24)35-17-21(32)16-31-23-7-3-2-6-22(23)29-27(31)18-14-26(33)30(15-18)20-12-10-19(28)11-13-20/h2-13,18,21,32H,14-17H2,1H3/t18-,21+/m1/s1. The zero-order valence-electron chi connectivity index (χ0n) is 19.3. The lowest BCUT2D eigenvalue weighted by molar-refractivity contribution is -0.117. The van der Waals surface area contributed by atoms with Gasteiger partial charge in [-0.1, -0.05) is 35.9 Å². The Kier molecular flexibility index (Phi) is 6.61. The van der Waals surface area contributed by atoms with Gasteiger partial charge in [0, 0.05) is 29.6 Å². The second kappa shape index (κ2) is 9.98. The van der Waals surface area contributed by atoms with Crippen molar-refractivity contribution in [3.05, 3.63) is 83.6 Å². The molecule has 7 nitrogen and oxygen atoms in total. The van der Waals surface area contributed by atoms with Crippen LogP contribution in [0.2, 0.25) is 5.02 Å². The SMILES string of the molecule is COc1ccccc1OC[C@@H](O)Cn1c([C@@H]2CC(=O)N(c3ccc(Cl)cc3)C2)nc2ccccc21. The number of aromatic nitrogens is 2. The molecule has 1 fully saturated rings. The number of ether oxygens (including phenoxy) is 2. The number of nitrogens with zero attached hydrogens (tertiary/aromatic N) is 3. The quantitative estimate of drug-likeness (QED) is 0.388. The number of para-hydroxylation sites is 4. The number of carbonyl (C=O) groups excluding carboxylic acids is 1. The zero-order chi connectivity index (χ0) is 24.4. The first-order chi connectivity index (χ1) is 17.0. The summed E-state index contributed by atoms with van der Waals surface area (Å²) in [4.78, 5) is 19.5. The highest BCUT2D eigenvalue weighted by atomic mass is 35.5. The Bertz CT molecular complexity index is 1340. The summed E-state index contributed by atoms with van der Waals surface area (Å²) in [6.45, 7) is 0.890. The molecule has 1 N–H and O–H groups in total. The number of imidazole rings is 1. The summed E-state index contributed by atoms with van der Waals surface area (Å²) in [7, 11) is 1.58. The molecule has 180 valence electrons. The molecule has 0 radical (unpaired) electrons. The molecular weight excluding hydrogens is 466 g/mol. The molecule has 0 unspecified atom stereocenters. The van der Waals surface area contributed by atoms with Crippen LogP contribution >= 0.6 is 11.6 Å². The van der Waals surface area contributed by atoms with Gasteiger partial charge in [0.15, 0.2) is 11.5 Å². The van der Waals surface area contributed by atoms with Crippen LogP contribution in [0, 0.1) is 0 Å². The van der Waals surface area contributed by atoms with Crippen molar-refractivity contribution < 1.29 is 19.4 Å². The number of aliphatic hydroxyl groups excluding tert-OH is 1. The summed E-state index contributed by atoms with van der Waals surface area (Å²) in [5, 5.41) is 11.5. The van der Waals surface area contributed by atoms with Crippen LogP contribution in [0.5, 0.6) is 11.5 Å². The van der Waals surface area contributed by atoms with Crippen molar-refractivity contribution in [1.82, 2.24) is 9.55 Å². The Morgan fingerprint density at radius 3 is 2.54 bits per heavy atom. The maximum Gasteiger partial charge on any atom is 0.227 e. The largest absolute Gasteiger partial charge is 0.493 e. The highest BCUT2D eigenvalue weighted by Gasteiger charge is 2.35. The second-order valence-corrected chi connectivity index (χ2v) is 9.00. The number of carbonyl (C=O) groups is 1. The number of anilines is 1. The predicted molar refractivity (Wildman–Crippen MR) is 135 cm³/mol. The summed E-state index contributed by atoms with van der Waals surface area (Å²) in [6, 6.07) is 22.4. The Morgan fingerprint density at radius 1 is 1.06 bits per heavy atom. The van der Waals surface area contributed by atoms with E-state index in [1.807, 2.05) is 59.2 Å². The topological polar surface area (TPSA) is 76.8 Å². The van der Waals surface area contributed by atoms with Crippen LogP contribution < -0.4 is 14.4 Å². The summed E-state index contributed by atoms with van der Waals surface area (Å²) in [5.74, 6) is 1.90. The first kappa shape index (κ1) is 23.2. The van der Waals surface area contributed by atoms with E-state index in [9.17, 15) is 9.90 Å². The fourth-order valence-corrected chi connectivity index (χ4v) is 4.66. The van der Waals surface area contributed by atoms with Crippen LogP contribution in [0.15, 0.2) is 72.8 Å². The highest BCUT2D eigenvalue weighted by molar-refractivity contribution is 6.30. The molecule has 1 aromatic heterocycles. The number of methoxy groups -OCH3 is 1. The molecule has 0 spiro atoms. The van der Waals surface area contributed by atoms with Crippen LogP contribution in [0.1, 0.15) is 18.2 Å². The maximum atomic E-state index is 12.9. The number of hydrogen-bond acceptors (Lipinski definition) is 5. The fourth-order valence-electron chi connectivity index (χ4n) is 4.54.